The molecule has 1 rings (SSSR count). The van der Waals surface area contributed by atoms with Crippen LogP contribution in [0.5, 0.6) is 0 Å². The first kappa shape index (κ1) is 9.64. The first-order chi connectivity index (χ1) is 5.76. The molecule has 0 saturated carbocycles. The van der Waals surface area contributed by atoms with Crippen molar-refractivity contribution in [2.45, 2.75) is 19.8 Å². The summed E-state index contributed by atoms with van der Waals surface area (Å²) < 4.78 is 0. The summed E-state index contributed by atoms with van der Waals surface area (Å²) in [5.41, 5.74) is 0. The Morgan fingerprint density at radius 1 is 1.58 bits per heavy atom. The van der Waals surface area contributed by atoms with E-state index in [2.05, 4.69) is 38.3 Å². The predicted octanol–water partition coefficient (Wildman–Crippen LogP) is 1.17. The Morgan fingerprint density at radius 3 is 2.75 bits per heavy atom. The second-order valence-electron chi connectivity index (χ2n) is 2.83. The predicted molar refractivity (Wildman–Crippen MR) is 50.1 cm³/mol. The van der Waals surface area contributed by atoms with Crippen molar-refractivity contribution in [3.05, 3.63) is 5.82 Å². The van der Waals surface area contributed by atoms with Gasteiger partial charge in [-0.25, -0.2) is 0 Å². The van der Waals surface area contributed by atoms with Gasteiger partial charge in [-0.2, -0.15) is 4.80 Å². The monoisotopic (exact) mass is 232 g/mol. The third-order valence-electron chi connectivity index (χ3n) is 1.82. The van der Waals surface area contributed by atoms with E-state index < -0.39 is 0 Å². The minimum atomic E-state index is 0.620. The molecule has 0 spiro atoms. The maximum Gasteiger partial charge on any atom is 0.175 e. The summed E-state index contributed by atoms with van der Waals surface area (Å²) in [5, 5.41) is 12.8. The topological polar surface area (TPSA) is 43.6 Å². The molecule has 0 bridgehead atoms. The smallest absolute Gasteiger partial charge is 0.167 e. The van der Waals surface area contributed by atoms with E-state index in [-0.39, 0.29) is 0 Å². The summed E-state index contributed by atoms with van der Waals surface area (Å²) in [6, 6.07) is 0. The lowest BCUT2D eigenvalue weighted by Gasteiger charge is -2.06. The zero-order valence-corrected chi connectivity index (χ0v) is 8.95. The van der Waals surface area contributed by atoms with Crippen LogP contribution < -0.4 is 0 Å². The number of hydrogen-bond acceptors (Lipinski definition) is 3. The molecule has 5 heteroatoms. The van der Waals surface area contributed by atoms with Crippen LogP contribution in [0.25, 0.3) is 0 Å². The highest BCUT2D eigenvalue weighted by Crippen LogP contribution is 2.10. The fraction of sp³-hybridized carbons (Fsp3) is 0.857. The van der Waals surface area contributed by atoms with Crippen LogP contribution >= 0.6 is 15.9 Å². The first-order valence-corrected chi connectivity index (χ1v) is 5.17. The lowest BCUT2D eigenvalue weighted by Crippen LogP contribution is -2.06. The van der Waals surface area contributed by atoms with Crippen LogP contribution in [0.4, 0.5) is 0 Å². The maximum atomic E-state index is 4.12. The zero-order chi connectivity index (χ0) is 8.97. The van der Waals surface area contributed by atoms with E-state index >= 15 is 0 Å². The van der Waals surface area contributed by atoms with E-state index in [1.807, 2.05) is 0 Å². The van der Waals surface area contributed by atoms with Gasteiger partial charge in [0.05, 0.1) is 7.05 Å². The fourth-order valence-electron chi connectivity index (χ4n) is 0.971. The van der Waals surface area contributed by atoms with Crippen LogP contribution in [0.2, 0.25) is 0 Å². The summed E-state index contributed by atoms with van der Waals surface area (Å²) in [5.74, 6) is 1.46. The van der Waals surface area contributed by atoms with Crippen LogP contribution in [-0.4, -0.2) is 25.5 Å². The Balaban J connectivity index is 2.50. The van der Waals surface area contributed by atoms with Crippen LogP contribution in [0.1, 0.15) is 19.2 Å². The molecular weight excluding hydrogens is 220 g/mol. The maximum absolute atomic E-state index is 4.12. The molecule has 0 N–H and O–H groups in total. The van der Waals surface area contributed by atoms with Crippen LogP contribution in [0.3, 0.4) is 0 Å². The summed E-state index contributed by atoms with van der Waals surface area (Å²) in [6.07, 6.45) is 2.05. The van der Waals surface area contributed by atoms with Gasteiger partial charge in [-0.3, -0.25) is 0 Å². The molecule has 0 fully saturated rings. The number of hydrogen-bond donors (Lipinski definition) is 0. The quantitative estimate of drug-likeness (QED) is 0.733. The average molecular weight is 233 g/mol. The van der Waals surface area contributed by atoms with Crippen molar-refractivity contribution in [3.8, 4) is 0 Å². The molecule has 0 radical (unpaired) electrons. The molecular formula is C7H13BrN4. The molecule has 0 aromatic carbocycles. The standard InChI is InChI=1S/C7H13BrN4/c1-3-6(5-8)4-7-9-11-12(2)10-7/h6H,3-5H2,1-2H3. The molecule has 0 aliphatic rings. The molecule has 1 atom stereocenters. The number of halogens is 1. The molecule has 4 nitrogen and oxygen atoms in total. The van der Waals surface area contributed by atoms with Crippen molar-refractivity contribution in [1.82, 2.24) is 20.2 Å². The summed E-state index contributed by atoms with van der Waals surface area (Å²) in [6.45, 7) is 2.17. The fourth-order valence-corrected chi connectivity index (χ4v) is 1.66. The van der Waals surface area contributed by atoms with Crippen molar-refractivity contribution in [2.75, 3.05) is 5.33 Å². The van der Waals surface area contributed by atoms with Gasteiger partial charge in [-0.05, 0) is 11.1 Å². The highest BCUT2D eigenvalue weighted by molar-refractivity contribution is 9.09. The summed E-state index contributed by atoms with van der Waals surface area (Å²) in [4.78, 5) is 1.50. The van der Waals surface area contributed by atoms with Gasteiger partial charge in [0.2, 0.25) is 0 Å². The van der Waals surface area contributed by atoms with E-state index in [4.69, 9.17) is 0 Å². The summed E-state index contributed by atoms with van der Waals surface area (Å²) in [7, 11) is 1.78. The Bertz CT molecular complexity index is 231. The molecule has 0 aliphatic carbocycles. The van der Waals surface area contributed by atoms with Crippen molar-refractivity contribution < 1.29 is 0 Å². The highest BCUT2D eigenvalue weighted by atomic mass is 79.9. The van der Waals surface area contributed by atoms with Crippen molar-refractivity contribution >= 4 is 15.9 Å². The largest absolute Gasteiger partial charge is 0.175 e. The normalized spacial score (nSPS) is 13.2. The Labute approximate surface area is 80.5 Å². The second kappa shape index (κ2) is 4.54. The van der Waals surface area contributed by atoms with E-state index in [1.165, 1.54) is 4.80 Å². The number of aryl methyl sites for hydroxylation is 1. The minimum Gasteiger partial charge on any atom is -0.167 e. The molecule has 1 unspecified atom stereocenters. The molecule has 68 valence electrons. The number of tetrazole rings is 1. The van der Waals surface area contributed by atoms with Crippen LogP contribution in [0, 0.1) is 5.92 Å². The number of aromatic nitrogens is 4. The van der Waals surface area contributed by atoms with Crippen molar-refractivity contribution in [2.24, 2.45) is 13.0 Å². The third kappa shape index (κ3) is 2.55. The van der Waals surface area contributed by atoms with Gasteiger partial charge in [-0.1, -0.05) is 29.3 Å². The molecule has 1 aromatic heterocycles. The Hall–Kier alpha value is -0.450. The first-order valence-electron chi connectivity index (χ1n) is 4.05. The van der Waals surface area contributed by atoms with Crippen LogP contribution in [-0.2, 0) is 13.5 Å². The average Bonchev–Trinajstić information content (AvgIpc) is 2.47. The van der Waals surface area contributed by atoms with Gasteiger partial charge >= 0.3 is 0 Å². The zero-order valence-electron chi connectivity index (χ0n) is 7.37. The number of rotatable bonds is 4. The summed E-state index contributed by atoms with van der Waals surface area (Å²) >= 11 is 3.46. The number of alkyl halides is 1. The molecule has 1 aromatic rings. The van der Waals surface area contributed by atoms with Gasteiger partial charge in [0.25, 0.3) is 0 Å². The Morgan fingerprint density at radius 2 is 2.33 bits per heavy atom. The number of nitrogens with zero attached hydrogens (tertiary/aromatic N) is 4. The van der Waals surface area contributed by atoms with Crippen molar-refractivity contribution in [3.63, 3.8) is 0 Å². The molecule has 1 heterocycles. The lowest BCUT2D eigenvalue weighted by atomic mass is 10.1. The van der Waals surface area contributed by atoms with E-state index in [0.29, 0.717) is 5.92 Å². The molecule has 0 saturated heterocycles. The van der Waals surface area contributed by atoms with Gasteiger partial charge in [0, 0.05) is 11.8 Å². The van der Waals surface area contributed by atoms with E-state index in [1.54, 1.807) is 7.05 Å². The lowest BCUT2D eigenvalue weighted by molar-refractivity contribution is 0.552. The van der Waals surface area contributed by atoms with Gasteiger partial charge in [0.1, 0.15) is 0 Å². The molecule has 0 aliphatic heterocycles. The van der Waals surface area contributed by atoms with E-state index in [0.717, 1.165) is 24.0 Å². The highest BCUT2D eigenvalue weighted by Gasteiger charge is 2.09. The molecule has 0 amide bonds. The third-order valence-corrected chi connectivity index (χ3v) is 2.73. The second-order valence-corrected chi connectivity index (χ2v) is 3.48. The van der Waals surface area contributed by atoms with Crippen molar-refractivity contribution in [1.29, 1.82) is 0 Å². The van der Waals surface area contributed by atoms with Gasteiger partial charge in [-0.15, -0.1) is 10.2 Å². The minimum absolute atomic E-state index is 0.620. The van der Waals surface area contributed by atoms with Gasteiger partial charge in [0.15, 0.2) is 5.82 Å². The van der Waals surface area contributed by atoms with E-state index in [9.17, 15) is 0 Å². The van der Waals surface area contributed by atoms with Crippen LogP contribution in [0.15, 0.2) is 0 Å². The van der Waals surface area contributed by atoms with Gasteiger partial charge < -0.3 is 0 Å². The SMILES string of the molecule is CCC(CBr)Cc1nnn(C)n1. The Kier molecular flexibility index (Phi) is 3.65. The molecule has 12 heavy (non-hydrogen) atoms.